The summed E-state index contributed by atoms with van der Waals surface area (Å²) in [7, 11) is 0. The predicted octanol–water partition coefficient (Wildman–Crippen LogP) is 3.82. The van der Waals surface area contributed by atoms with Crippen LogP contribution in [0.2, 0.25) is 0 Å². The summed E-state index contributed by atoms with van der Waals surface area (Å²) in [5.74, 6) is -0.940. The Balaban J connectivity index is 0.00000361. The summed E-state index contributed by atoms with van der Waals surface area (Å²) < 4.78 is 0.634. The minimum absolute atomic E-state index is 0. The van der Waals surface area contributed by atoms with Crippen molar-refractivity contribution in [1.82, 2.24) is 5.32 Å². The topological polar surface area (TPSA) is 75.3 Å². The van der Waals surface area contributed by atoms with Gasteiger partial charge in [0.1, 0.15) is 0 Å². The van der Waals surface area contributed by atoms with E-state index in [4.69, 9.17) is 10.8 Å². The molecule has 0 amide bonds. The van der Waals surface area contributed by atoms with E-state index in [-0.39, 0.29) is 18.0 Å². The monoisotopic (exact) mass is 364 g/mol. The Morgan fingerprint density at radius 1 is 1.35 bits per heavy atom. The van der Waals surface area contributed by atoms with E-state index in [0.717, 1.165) is 18.5 Å². The third-order valence-electron chi connectivity index (χ3n) is 2.98. The van der Waals surface area contributed by atoms with Gasteiger partial charge in [-0.15, -0.1) is 12.4 Å². The lowest BCUT2D eigenvalue weighted by molar-refractivity contribution is 0.0696. The second-order valence-corrected chi connectivity index (χ2v) is 5.43. The second-order valence-electron chi connectivity index (χ2n) is 4.57. The molecule has 4 N–H and O–H groups in total. The molecule has 1 aromatic rings. The number of rotatable bonds is 8. The fourth-order valence-corrected chi connectivity index (χ4v) is 2.35. The molecular formula is C14H22BrClN2O2. The third-order valence-corrected chi connectivity index (χ3v) is 3.64. The van der Waals surface area contributed by atoms with Crippen LogP contribution in [0.1, 0.15) is 48.5 Å². The van der Waals surface area contributed by atoms with Gasteiger partial charge in [0.25, 0.3) is 0 Å². The van der Waals surface area contributed by atoms with Crippen LogP contribution in [0.15, 0.2) is 16.6 Å². The Hall–Kier alpha value is -0.780. The Morgan fingerprint density at radius 3 is 2.65 bits per heavy atom. The van der Waals surface area contributed by atoms with Gasteiger partial charge >= 0.3 is 5.97 Å². The van der Waals surface area contributed by atoms with Crippen LogP contribution in [0, 0.1) is 0 Å². The molecule has 0 aliphatic heterocycles. The number of halogens is 2. The van der Waals surface area contributed by atoms with Crippen molar-refractivity contribution < 1.29 is 9.90 Å². The van der Waals surface area contributed by atoms with Gasteiger partial charge in [-0.05, 0) is 46.6 Å². The molecule has 0 heterocycles. The van der Waals surface area contributed by atoms with Crippen LogP contribution in [0.4, 0.5) is 5.69 Å². The van der Waals surface area contributed by atoms with E-state index < -0.39 is 5.97 Å². The van der Waals surface area contributed by atoms with Crippen molar-refractivity contribution in [3.05, 3.63) is 27.7 Å². The van der Waals surface area contributed by atoms with Crippen molar-refractivity contribution in [2.45, 2.75) is 39.2 Å². The van der Waals surface area contributed by atoms with Gasteiger partial charge in [-0.2, -0.15) is 0 Å². The summed E-state index contributed by atoms with van der Waals surface area (Å²) >= 11 is 3.29. The number of nitrogens with one attached hydrogen (secondary N) is 1. The van der Waals surface area contributed by atoms with Gasteiger partial charge in [-0.1, -0.05) is 26.2 Å². The number of nitrogens with two attached hydrogens (primary N) is 1. The van der Waals surface area contributed by atoms with Gasteiger partial charge in [0.15, 0.2) is 0 Å². The molecule has 0 aliphatic rings. The van der Waals surface area contributed by atoms with Gasteiger partial charge in [0, 0.05) is 11.0 Å². The van der Waals surface area contributed by atoms with E-state index in [1.165, 1.54) is 25.3 Å². The molecule has 114 valence electrons. The molecule has 20 heavy (non-hydrogen) atoms. The number of unbranched alkanes of at least 4 members (excludes halogenated alkanes) is 3. The molecule has 0 saturated heterocycles. The molecule has 0 radical (unpaired) electrons. The number of carboxylic acids is 1. The molecule has 0 saturated carbocycles. The number of hydrogen-bond donors (Lipinski definition) is 3. The molecule has 0 aliphatic carbocycles. The molecule has 0 fully saturated rings. The number of anilines is 1. The summed E-state index contributed by atoms with van der Waals surface area (Å²) in [4.78, 5) is 11.0. The average molecular weight is 366 g/mol. The Kier molecular flexibility index (Phi) is 9.63. The smallest absolute Gasteiger partial charge is 0.335 e. The third kappa shape index (κ3) is 6.11. The van der Waals surface area contributed by atoms with E-state index in [1.54, 1.807) is 6.07 Å². The molecule has 4 nitrogen and oxygen atoms in total. The average Bonchev–Trinajstić information content (AvgIpc) is 2.37. The minimum Gasteiger partial charge on any atom is -0.478 e. The van der Waals surface area contributed by atoms with E-state index >= 15 is 0 Å². The standard InChI is InChI=1S/C14H21BrN2O2.ClH/c1-2-3-4-5-6-17-9-11-7-10(14(18)19)8-12(15)13(11)16;/h7-8,17H,2-6,9,16H2,1H3,(H,18,19);1H. The van der Waals surface area contributed by atoms with Crippen molar-refractivity contribution in [1.29, 1.82) is 0 Å². The SMILES string of the molecule is CCCCCCNCc1cc(C(=O)O)cc(Br)c1N.Cl. The Morgan fingerprint density at radius 2 is 2.05 bits per heavy atom. The zero-order chi connectivity index (χ0) is 14.3. The second kappa shape index (κ2) is 10.0. The number of carboxylic acid groups (broad SMARTS) is 1. The van der Waals surface area contributed by atoms with Gasteiger partial charge < -0.3 is 16.2 Å². The molecule has 1 aromatic carbocycles. The van der Waals surface area contributed by atoms with Crippen molar-refractivity contribution in [2.75, 3.05) is 12.3 Å². The zero-order valence-corrected chi connectivity index (χ0v) is 14.0. The van der Waals surface area contributed by atoms with Crippen molar-refractivity contribution >= 4 is 40.0 Å². The first kappa shape index (κ1) is 19.2. The van der Waals surface area contributed by atoms with Gasteiger partial charge in [0.05, 0.1) is 11.3 Å². The Labute approximate surface area is 134 Å². The fraction of sp³-hybridized carbons (Fsp3) is 0.500. The maximum absolute atomic E-state index is 11.0. The van der Waals surface area contributed by atoms with Crippen LogP contribution in [-0.2, 0) is 6.54 Å². The van der Waals surface area contributed by atoms with Crippen molar-refractivity contribution in [2.24, 2.45) is 0 Å². The number of benzene rings is 1. The highest BCUT2D eigenvalue weighted by Gasteiger charge is 2.10. The van der Waals surface area contributed by atoms with Gasteiger partial charge in [0.2, 0.25) is 0 Å². The lowest BCUT2D eigenvalue weighted by atomic mass is 10.1. The van der Waals surface area contributed by atoms with Gasteiger partial charge in [-0.25, -0.2) is 4.79 Å². The van der Waals surface area contributed by atoms with E-state index in [0.29, 0.717) is 16.7 Å². The summed E-state index contributed by atoms with van der Waals surface area (Å²) in [5, 5.41) is 12.3. The maximum Gasteiger partial charge on any atom is 0.335 e. The Bertz CT molecular complexity index is 441. The molecule has 0 aromatic heterocycles. The number of carbonyl (C=O) groups is 1. The largest absolute Gasteiger partial charge is 0.478 e. The molecule has 0 spiro atoms. The van der Waals surface area contributed by atoms with E-state index in [1.807, 2.05) is 0 Å². The van der Waals surface area contributed by atoms with Crippen LogP contribution in [0.25, 0.3) is 0 Å². The fourth-order valence-electron chi connectivity index (χ4n) is 1.84. The predicted molar refractivity (Wildman–Crippen MR) is 88.6 cm³/mol. The number of nitrogen functional groups attached to an aromatic ring is 1. The van der Waals surface area contributed by atoms with Crippen molar-refractivity contribution in [3.8, 4) is 0 Å². The van der Waals surface area contributed by atoms with E-state index in [9.17, 15) is 4.79 Å². The molecule has 0 atom stereocenters. The minimum atomic E-state index is -0.940. The first-order chi connectivity index (χ1) is 9.06. The highest BCUT2D eigenvalue weighted by atomic mass is 79.9. The maximum atomic E-state index is 11.0. The normalized spacial score (nSPS) is 10.1. The molecular weight excluding hydrogens is 344 g/mol. The lowest BCUT2D eigenvalue weighted by Gasteiger charge is -2.10. The number of aromatic carboxylic acids is 1. The van der Waals surface area contributed by atoms with E-state index in [2.05, 4.69) is 28.2 Å². The van der Waals surface area contributed by atoms with Gasteiger partial charge in [-0.3, -0.25) is 0 Å². The summed E-state index contributed by atoms with van der Waals surface area (Å²) in [5.41, 5.74) is 7.61. The van der Waals surface area contributed by atoms with Crippen LogP contribution in [-0.4, -0.2) is 17.6 Å². The first-order valence-electron chi connectivity index (χ1n) is 6.58. The van der Waals surface area contributed by atoms with Crippen LogP contribution in [0.3, 0.4) is 0 Å². The first-order valence-corrected chi connectivity index (χ1v) is 7.37. The summed E-state index contributed by atoms with van der Waals surface area (Å²) in [6.45, 7) is 3.70. The number of hydrogen-bond acceptors (Lipinski definition) is 3. The summed E-state index contributed by atoms with van der Waals surface area (Å²) in [6.07, 6.45) is 4.83. The van der Waals surface area contributed by atoms with Crippen LogP contribution in [0.5, 0.6) is 0 Å². The molecule has 6 heteroatoms. The molecule has 1 rings (SSSR count). The highest BCUT2D eigenvalue weighted by Crippen LogP contribution is 2.25. The van der Waals surface area contributed by atoms with Crippen LogP contribution >= 0.6 is 28.3 Å². The molecule has 0 bridgehead atoms. The lowest BCUT2D eigenvalue weighted by Crippen LogP contribution is -2.16. The highest BCUT2D eigenvalue weighted by molar-refractivity contribution is 9.10. The van der Waals surface area contributed by atoms with Crippen molar-refractivity contribution in [3.63, 3.8) is 0 Å². The van der Waals surface area contributed by atoms with Crippen LogP contribution < -0.4 is 11.1 Å². The zero-order valence-electron chi connectivity index (χ0n) is 11.6. The summed E-state index contributed by atoms with van der Waals surface area (Å²) in [6, 6.07) is 3.16. The molecule has 0 unspecified atom stereocenters. The quantitative estimate of drug-likeness (QED) is 0.483.